The molecule has 13 heavy (non-hydrogen) atoms. The minimum absolute atomic E-state index is 0.174. The Kier molecular flexibility index (Phi) is 7.32. The Labute approximate surface area is 81.5 Å². The summed E-state index contributed by atoms with van der Waals surface area (Å²) in [6.45, 7) is 7.87. The number of hydrogen-bond acceptors (Lipinski definition) is 1. The number of aliphatic hydroxyl groups is 1. The predicted octanol–water partition coefficient (Wildman–Crippen LogP) is 3.23. The van der Waals surface area contributed by atoms with Crippen molar-refractivity contribution in [2.24, 2.45) is 0 Å². The molecule has 1 nitrogen and oxygen atoms in total. The molecular formula is C12H20O. The Morgan fingerprint density at radius 1 is 1.46 bits per heavy atom. The SMILES string of the molecule is C=C(/C=C\C=C/C)CCC(O)CC. The molecule has 0 aromatic rings. The highest BCUT2D eigenvalue weighted by Gasteiger charge is 1.99. The van der Waals surface area contributed by atoms with Gasteiger partial charge in [0, 0.05) is 0 Å². The summed E-state index contributed by atoms with van der Waals surface area (Å²) in [4.78, 5) is 0. The second-order valence-corrected chi connectivity index (χ2v) is 3.14. The van der Waals surface area contributed by atoms with Gasteiger partial charge in [0.1, 0.15) is 0 Å². The maximum absolute atomic E-state index is 9.30. The average molecular weight is 180 g/mol. The van der Waals surface area contributed by atoms with Crippen molar-refractivity contribution in [1.82, 2.24) is 0 Å². The zero-order valence-corrected chi connectivity index (χ0v) is 8.66. The van der Waals surface area contributed by atoms with Crippen LogP contribution in [0.5, 0.6) is 0 Å². The lowest BCUT2D eigenvalue weighted by Gasteiger charge is -2.06. The Balaban J connectivity index is 3.63. The highest BCUT2D eigenvalue weighted by Crippen LogP contribution is 2.08. The maximum atomic E-state index is 9.30. The van der Waals surface area contributed by atoms with E-state index in [2.05, 4.69) is 6.58 Å². The zero-order chi connectivity index (χ0) is 10.1. The van der Waals surface area contributed by atoms with Crippen molar-refractivity contribution in [1.29, 1.82) is 0 Å². The average Bonchev–Trinajstić information content (AvgIpc) is 2.14. The van der Waals surface area contributed by atoms with Gasteiger partial charge in [-0.05, 0) is 26.2 Å². The minimum atomic E-state index is -0.174. The Bertz CT molecular complexity index is 189. The lowest BCUT2D eigenvalue weighted by molar-refractivity contribution is 0.161. The molecule has 0 aromatic carbocycles. The van der Waals surface area contributed by atoms with Gasteiger partial charge in [-0.3, -0.25) is 0 Å². The third-order valence-corrected chi connectivity index (χ3v) is 1.91. The first-order valence-electron chi connectivity index (χ1n) is 4.85. The van der Waals surface area contributed by atoms with Crippen LogP contribution >= 0.6 is 0 Å². The first-order chi connectivity index (χ1) is 6.20. The normalized spacial score (nSPS) is 14.1. The van der Waals surface area contributed by atoms with Gasteiger partial charge in [0.2, 0.25) is 0 Å². The molecule has 0 fully saturated rings. The fraction of sp³-hybridized carbons (Fsp3) is 0.500. The molecule has 0 aromatic heterocycles. The van der Waals surface area contributed by atoms with Crippen LogP contribution in [-0.2, 0) is 0 Å². The molecule has 1 heteroatoms. The summed E-state index contributed by atoms with van der Waals surface area (Å²) in [6, 6.07) is 0. The van der Waals surface area contributed by atoms with Crippen molar-refractivity contribution in [2.75, 3.05) is 0 Å². The molecule has 0 amide bonds. The Hall–Kier alpha value is -0.820. The zero-order valence-electron chi connectivity index (χ0n) is 8.66. The van der Waals surface area contributed by atoms with Crippen molar-refractivity contribution >= 4 is 0 Å². The number of hydrogen-bond donors (Lipinski definition) is 1. The second kappa shape index (κ2) is 7.81. The molecule has 0 aliphatic carbocycles. The minimum Gasteiger partial charge on any atom is -0.393 e. The van der Waals surface area contributed by atoms with Gasteiger partial charge < -0.3 is 5.11 Å². The predicted molar refractivity (Wildman–Crippen MR) is 58.6 cm³/mol. The molecule has 0 heterocycles. The van der Waals surface area contributed by atoms with Crippen LogP contribution in [0.4, 0.5) is 0 Å². The monoisotopic (exact) mass is 180 g/mol. The van der Waals surface area contributed by atoms with Crippen LogP contribution < -0.4 is 0 Å². The Morgan fingerprint density at radius 3 is 2.69 bits per heavy atom. The topological polar surface area (TPSA) is 20.2 Å². The summed E-state index contributed by atoms with van der Waals surface area (Å²) in [6.07, 6.45) is 10.3. The van der Waals surface area contributed by atoms with Crippen molar-refractivity contribution < 1.29 is 5.11 Å². The number of aliphatic hydroxyl groups excluding tert-OH is 1. The largest absolute Gasteiger partial charge is 0.393 e. The molecule has 1 N–H and O–H groups in total. The van der Waals surface area contributed by atoms with Crippen LogP contribution in [0, 0.1) is 0 Å². The molecule has 0 aliphatic heterocycles. The molecule has 0 saturated carbocycles. The van der Waals surface area contributed by atoms with Gasteiger partial charge in [-0.1, -0.05) is 43.4 Å². The quantitative estimate of drug-likeness (QED) is 0.622. The van der Waals surface area contributed by atoms with Crippen LogP contribution in [0.1, 0.15) is 33.1 Å². The lowest BCUT2D eigenvalue weighted by atomic mass is 10.1. The summed E-state index contributed by atoms with van der Waals surface area (Å²) in [7, 11) is 0. The Morgan fingerprint density at radius 2 is 2.15 bits per heavy atom. The fourth-order valence-corrected chi connectivity index (χ4v) is 0.942. The van der Waals surface area contributed by atoms with Crippen molar-refractivity contribution in [3.05, 3.63) is 36.5 Å². The maximum Gasteiger partial charge on any atom is 0.0540 e. The summed E-state index contributed by atoms with van der Waals surface area (Å²) in [5.41, 5.74) is 1.07. The summed E-state index contributed by atoms with van der Waals surface area (Å²) in [5, 5.41) is 9.30. The molecule has 0 rings (SSSR count). The molecule has 1 atom stereocenters. The fourth-order valence-electron chi connectivity index (χ4n) is 0.942. The summed E-state index contributed by atoms with van der Waals surface area (Å²) < 4.78 is 0. The van der Waals surface area contributed by atoms with E-state index in [1.165, 1.54) is 0 Å². The smallest absolute Gasteiger partial charge is 0.0540 e. The molecule has 0 saturated heterocycles. The first kappa shape index (κ1) is 12.2. The van der Waals surface area contributed by atoms with E-state index in [1.54, 1.807) is 0 Å². The standard InChI is InChI=1S/C12H20O/c1-4-6-7-8-11(3)9-10-12(13)5-2/h4,6-8,12-13H,3,5,9-10H2,1-2H3/b6-4-,8-7-. The molecule has 0 bridgehead atoms. The second-order valence-electron chi connectivity index (χ2n) is 3.14. The van der Waals surface area contributed by atoms with E-state index in [0.29, 0.717) is 0 Å². The molecule has 74 valence electrons. The van der Waals surface area contributed by atoms with Gasteiger partial charge >= 0.3 is 0 Å². The number of allylic oxidation sites excluding steroid dienone is 5. The van der Waals surface area contributed by atoms with Gasteiger partial charge in [0.05, 0.1) is 6.10 Å². The van der Waals surface area contributed by atoms with Gasteiger partial charge in [0.15, 0.2) is 0 Å². The van der Waals surface area contributed by atoms with E-state index >= 15 is 0 Å². The number of rotatable bonds is 6. The van der Waals surface area contributed by atoms with E-state index < -0.39 is 0 Å². The van der Waals surface area contributed by atoms with Gasteiger partial charge in [-0.2, -0.15) is 0 Å². The molecule has 1 unspecified atom stereocenters. The third kappa shape index (κ3) is 7.54. The lowest BCUT2D eigenvalue weighted by Crippen LogP contribution is -2.03. The molecular weight excluding hydrogens is 160 g/mol. The van der Waals surface area contributed by atoms with Crippen LogP contribution in [0.3, 0.4) is 0 Å². The van der Waals surface area contributed by atoms with E-state index in [1.807, 2.05) is 38.2 Å². The summed E-state index contributed by atoms with van der Waals surface area (Å²) >= 11 is 0. The molecule has 0 spiro atoms. The molecule has 0 aliphatic rings. The van der Waals surface area contributed by atoms with Gasteiger partial charge in [-0.15, -0.1) is 0 Å². The van der Waals surface area contributed by atoms with E-state index in [9.17, 15) is 5.11 Å². The third-order valence-electron chi connectivity index (χ3n) is 1.91. The highest BCUT2D eigenvalue weighted by atomic mass is 16.3. The highest BCUT2D eigenvalue weighted by molar-refractivity contribution is 5.18. The van der Waals surface area contributed by atoms with Crippen molar-refractivity contribution in [3.8, 4) is 0 Å². The van der Waals surface area contributed by atoms with Crippen LogP contribution in [0.2, 0.25) is 0 Å². The van der Waals surface area contributed by atoms with E-state index in [-0.39, 0.29) is 6.10 Å². The van der Waals surface area contributed by atoms with Gasteiger partial charge in [0.25, 0.3) is 0 Å². The summed E-state index contributed by atoms with van der Waals surface area (Å²) in [5.74, 6) is 0. The van der Waals surface area contributed by atoms with Gasteiger partial charge in [-0.25, -0.2) is 0 Å². The van der Waals surface area contributed by atoms with Crippen molar-refractivity contribution in [3.63, 3.8) is 0 Å². The van der Waals surface area contributed by atoms with Crippen LogP contribution in [0.25, 0.3) is 0 Å². The first-order valence-corrected chi connectivity index (χ1v) is 4.85. The van der Waals surface area contributed by atoms with E-state index in [4.69, 9.17) is 0 Å². The van der Waals surface area contributed by atoms with Crippen molar-refractivity contribution in [2.45, 2.75) is 39.2 Å². The van der Waals surface area contributed by atoms with E-state index in [0.717, 1.165) is 24.8 Å². The van der Waals surface area contributed by atoms with Crippen LogP contribution in [0.15, 0.2) is 36.5 Å². The molecule has 0 radical (unpaired) electrons. The van der Waals surface area contributed by atoms with Crippen LogP contribution in [-0.4, -0.2) is 11.2 Å².